The number of Topliss-reactive ketones (excluding diaryl/α,β-unsaturated/α-hetero) is 1. The number of carbonyl (C=O) groups is 1. The highest BCUT2D eigenvalue weighted by Gasteiger charge is 2.55. The van der Waals surface area contributed by atoms with E-state index in [1.54, 1.807) is 50.1 Å². The van der Waals surface area contributed by atoms with E-state index in [0.29, 0.717) is 18.5 Å². The van der Waals surface area contributed by atoms with Gasteiger partial charge in [0.25, 0.3) is 0 Å². The molecule has 2 aliphatic carbocycles. The van der Waals surface area contributed by atoms with Crippen LogP contribution in [0.15, 0.2) is 71.7 Å². The third kappa shape index (κ3) is 4.34. The molecule has 1 fully saturated rings. The Bertz CT molecular complexity index is 1810. The fraction of sp³-hybridized carbons (Fsp3) is 0.333. The zero-order chi connectivity index (χ0) is 29.2. The molecule has 2 atom stereocenters. The number of pyridine rings is 1. The molecule has 0 bridgehead atoms. The van der Waals surface area contributed by atoms with E-state index in [1.807, 2.05) is 6.08 Å². The summed E-state index contributed by atoms with van der Waals surface area (Å²) in [7, 11) is -2.20. The summed E-state index contributed by atoms with van der Waals surface area (Å²) < 4.78 is 57.4. The highest BCUT2D eigenvalue weighted by atomic mass is 32.2. The van der Waals surface area contributed by atoms with Gasteiger partial charge in [-0.3, -0.25) is 14.5 Å². The molecule has 6 rings (SSSR count). The van der Waals surface area contributed by atoms with Gasteiger partial charge in [-0.05, 0) is 93.5 Å². The maximum absolute atomic E-state index is 14.3. The number of aryl methyl sites for hydroxylation is 1. The Morgan fingerprint density at radius 2 is 1.85 bits per heavy atom. The van der Waals surface area contributed by atoms with Gasteiger partial charge in [0.05, 0.1) is 27.7 Å². The number of aromatic nitrogens is 5. The van der Waals surface area contributed by atoms with Gasteiger partial charge in [0, 0.05) is 25.5 Å². The lowest BCUT2D eigenvalue weighted by Gasteiger charge is -2.47. The van der Waals surface area contributed by atoms with E-state index in [0.717, 1.165) is 22.9 Å². The number of nitrogens with zero attached hydrogens (tertiary/aromatic N) is 5. The Hall–Kier alpha value is -3.99. The van der Waals surface area contributed by atoms with Crippen molar-refractivity contribution in [1.82, 2.24) is 24.5 Å². The summed E-state index contributed by atoms with van der Waals surface area (Å²) in [6, 6.07) is 9.78. The standard InChI is InChI=1S/C30H29F2N5O3S/c1-29(2,41(39,40)27-11-13-36(3)35-27)21-5-4-20-14-26-19(18-34-37(26)24-8-6-22(31)7-9-24)16-30(20,17-21)28(38)25-15-23(32)10-12-33-25/h6-15,18,21H,4-5,16-17H2,1-3H3/t21-,30-/m0/s1. The van der Waals surface area contributed by atoms with Gasteiger partial charge in [-0.1, -0.05) is 5.57 Å². The number of halogens is 2. The quantitative estimate of drug-likeness (QED) is 0.294. The molecule has 0 radical (unpaired) electrons. The summed E-state index contributed by atoms with van der Waals surface area (Å²) in [5, 5.41) is 8.69. The van der Waals surface area contributed by atoms with Crippen molar-refractivity contribution in [1.29, 1.82) is 0 Å². The largest absolute Gasteiger partial charge is 0.291 e. The van der Waals surface area contributed by atoms with E-state index in [-0.39, 0.29) is 35.2 Å². The van der Waals surface area contributed by atoms with Gasteiger partial charge in [0.2, 0.25) is 9.84 Å². The van der Waals surface area contributed by atoms with Crippen molar-refractivity contribution in [3.05, 3.63) is 95.2 Å². The van der Waals surface area contributed by atoms with Crippen molar-refractivity contribution in [2.75, 3.05) is 0 Å². The Balaban J connectivity index is 1.45. The maximum Gasteiger partial charge on any atom is 0.202 e. The van der Waals surface area contributed by atoms with Crippen molar-refractivity contribution >= 4 is 21.7 Å². The predicted octanol–water partition coefficient (Wildman–Crippen LogP) is 5.14. The van der Waals surface area contributed by atoms with Crippen LogP contribution >= 0.6 is 0 Å². The minimum absolute atomic E-state index is 0.00341. The molecule has 1 saturated carbocycles. The molecule has 1 aromatic carbocycles. The van der Waals surface area contributed by atoms with Crippen molar-refractivity contribution in [2.45, 2.75) is 49.3 Å². The van der Waals surface area contributed by atoms with Crippen LogP contribution in [-0.4, -0.2) is 43.5 Å². The van der Waals surface area contributed by atoms with Crippen LogP contribution in [0, 0.1) is 23.0 Å². The Morgan fingerprint density at radius 3 is 2.54 bits per heavy atom. The molecule has 4 aromatic rings. The first kappa shape index (κ1) is 27.2. The van der Waals surface area contributed by atoms with E-state index >= 15 is 0 Å². The van der Waals surface area contributed by atoms with Gasteiger partial charge in [0.15, 0.2) is 10.8 Å². The molecule has 212 valence electrons. The SMILES string of the molecule is Cn1ccc(S(=O)(=O)C(C)(C)[C@H]2CCC3=Cc4c(cnn4-c4ccc(F)cc4)C[C@]3(C(=O)c3cc(F)ccn3)C2)n1. The summed E-state index contributed by atoms with van der Waals surface area (Å²) in [6.45, 7) is 3.38. The third-order valence-electron chi connectivity index (χ3n) is 8.76. The van der Waals surface area contributed by atoms with Crippen LogP contribution < -0.4 is 0 Å². The smallest absolute Gasteiger partial charge is 0.202 e. The fourth-order valence-electron chi connectivity index (χ4n) is 6.29. The van der Waals surface area contributed by atoms with Crippen molar-refractivity contribution in [3.8, 4) is 5.69 Å². The first-order chi connectivity index (χ1) is 19.4. The average Bonchev–Trinajstić information content (AvgIpc) is 3.57. The molecule has 2 aliphatic rings. The molecule has 0 unspecified atom stereocenters. The molecule has 0 aliphatic heterocycles. The zero-order valence-electron chi connectivity index (χ0n) is 22.9. The van der Waals surface area contributed by atoms with Crippen molar-refractivity contribution in [2.24, 2.45) is 18.4 Å². The summed E-state index contributed by atoms with van der Waals surface area (Å²) in [5.74, 6) is -1.68. The maximum atomic E-state index is 14.3. The lowest BCUT2D eigenvalue weighted by atomic mass is 9.57. The second kappa shape index (κ2) is 9.54. The lowest BCUT2D eigenvalue weighted by Crippen LogP contribution is -2.49. The molecule has 0 amide bonds. The van der Waals surface area contributed by atoms with Crippen molar-refractivity contribution < 1.29 is 22.0 Å². The molecular formula is C30H29F2N5O3S. The second-order valence-corrected chi connectivity index (χ2v) is 13.9. The average molecular weight is 578 g/mol. The number of fused-ring (bicyclic) bond motifs is 2. The van der Waals surface area contributed by atoms with Gasteiger partial charge < -0.3 is 0 Å². The number of sulfone groups is 1. The van der Waals surface area contributed by atoms with E-state index in [4.69, 9.17) is 0 Å². The van der Waals surface area contributed by atoms with Crippen molar-refractivity contribution in [3.63, 3.8) is 0 Å². The number of rotatable bonds is 6. The van der Waals surface area contributed by atoms with Crippen LogP contribution in [0.4, 0.5) is 8.78 Å². The summed E-state index contributed by atoms with van der Waals surface area (Å²) in [6.07, 6.45) is 7.93. The number of hydrogen-bond acceptors (Lipinski definition) is 6. The highest BCUT2D eigenvalue weighted by Crippen LogP contribution is 2.55. The number of ketones is 1. The zero-order valence-corrected chi connectivity index (χ0v) is 23.7. The monoisotopic (exact) mass is 577 g/mol. The lowest BCUT2D eigenvalue weighted by molar-refractivity contribution is 0.0735. The third-order valence-corrected chi connectivity index (χ3v) is 11.2. The summed E-state index contributed by atoms with van der Waals surface area (Å²) in [4.78, 5) is 18.5. The minimum atomic E-state index is -3.86. The van der Waals surface area contributed by atoms with Gasteiger partial charge in [0.1, 0.15) is 17.3 Å². The van der Waals surface area contributed by atoms with Gasteiger partial charge in [-0.15, -0.1) is 0 Å². The van der Waals surface area contributed by atoms with E-state index in [2.05, 4.69) is 15.2 Å². The Kier molecular flexibility index (Phi) is 6.33. The van der Waals surface area contributed by atoms with Crippen LogP contribution in [0.2, 0.25) is 0 Å². The molecule has 0 saturated heterocycles. The molecular weight excluding hydrogens is 548 g/mol. The molecule has 41 heavy (non-hydrogen) atoms. The molecule has 0 spiro atoms. The Labute approximate surface area is 236 Å². The van der Waals surface area contributed by atoms with Gasteiger partial charge in [-0.2, -0.15) is 10.2 Å². The highest BCUT2D eigenvalue weighted by molar-refractivity contribution is 7.92. The van der Waals surface area contributed by atoms with Crippen LogP contribution in [0.1, 0.15) is 54.9 Å². The molecule has 3 heterocycles. The van der Waals surface area contributed by atoms with E-state index < -0.39 is 31.7 Å². The molecule has 11 heteroatoms. The minimum Gasteiger partial charge on any atom is -0.291 e. The number of benzene rings is 1. The first-order valence-electron chi connectivity index (χ1n) is 13.4. The van der Waals surface area contributed by atoms with Crippen LogP contribution in [-0.2, 0) is 23.3 Å². The predicted molar refractivity (Wildman–Crippen MR) is 148 cm³/mol. The van der Waals surface area contributed by atoms with Crippen LogP contribution in [0.25, 0.3) is 11.8 Å². The summed E-state index contributed by atoms with van der Waals surface area (Å²) >= 11 is 0. The van der Waals surface area contributed by atoms with Gasteiger partial charge >= 0.3 is 0 Å². The summed E-state index contributed by atoms with van der Waals surface area (Å²) in [5.41, 5.74) is 1.93. The van der Waals surface area contributed by atoms with Gasteiger partial charge in [-0.25, -0.2) is 21.9 Å². The van der Waals surface area contributed by atoms with E-state index in [9.17, 15) is 22.0 Å². The number of hydrogen-bond donors (Lipinski definition) is 0. The van der Waals surface area contributed by atoms with E-state index in [1.165, 1.54) is 35.1 Å². The Morgan fingerprint density at radius 1 is 1.10 bits per heavy atom. The fourth-order valence-corrected chi connectivity index (χ4v) is 7.95. The normalized spacial score (nSPS) is 20.7. The second-order valence-electron chi connectivity index (χ2n) is 11.4. The number of carbonyl (C=O) groups excluding carboxylic acids is 1. The first-order valence-corrected chi connectivity index (χ1v) is 14.9. The molecule has 8 nitrogen and oxygen atoms in total. The topological polar surface area (TPSA) is 99.7 Å². The number of allylic oxidation sites excluding steroid dienone is 1. The molecule has 0 N–H and O–H groups in total. The molecule has 3 aromatic heterocycles. The van der Waals surface area contributed by atoms with Crippen LogP contribution in [0.5, 0.6) is 0 Å². The van der Waals surface area contributed by atoms with Crippen LogP contribution in [0.3, 0.4) is 0 Å².